The molecule has 3 aromatic rings. The van der Waals surface area contributed by atoms with Crippen molar-refractivity contribution in [3.8, 4) is 5.75 Å². The lowest BCUT2D eigenvalue weighted by Crippen LogP contribution is -2.33. The van der Waals surface area contributed by atoms with Gasteiger partial charge in [0.25, 0.3) is 0 Å². The summed E-state index contributed by atoms with van der Waals surface area (Å²) >= 11 is 0. The summed E-state index contributed by atoms with van der Waals surface area (Å²) in [5.41, 5.74) is 0.146. The van der Waals surface area contributed by atoms with E-state index < -0.39 is 5.82 Å². The molecule has 1 aliphatic heterocycles. The van der Waals surface area contributed by atoms with Gasteiger partial charge in [0.2, 0.25) is 5.89 Å². The zero-order valence-corrected chi connectivity index (χ0v) is 16.1. The molecule has 1 atom stereocenters. The number of hydrogen-bond acceptors (Lipinski definition) is 5. The number of rotatable bonds is 6. The molecule has 156 valence electrons. The third-order valence-electron chi connectivity index (χ3n) is 4.83. The van der Waals surface area contributed by atoms with Gasteiger partial charge in [0, 0.05) is 19.5 Å². The number of nitrogens with zero attached hydrogens (tertiary/aromatic N) is 3. The van der Waals surface area contributed by atoms with E-state index in [2.05, 4.69) is 15.5 Å². The van der Waals surface area contributed by atoms with E-state index in [1.165, 1.54) is 24.3 Å². The minimum Gasteiger partial charge on any atom is -0.493 e. The summed E-state index contributed by atoms with van der Waals surface area (Å²) in [6, 6.07) is 11.4. The number of hydrogen-bond donors (Lipinski definition) is 1. The van der Waals surface area contributed by atoms with Crippen molar-refractivity contribution in [2.75, 3.05) is 25.0 Å². The van der Waals surface area contributed by atoms with Gasteiger partial charge < -0.3 is 19.5 Å². The molecule has 4 rings (SSSR count). The van der Waals surface area contributed by atoms with E-state index in [1.807, 2.05) is 0 Å². The van der Waals surface area contributed by atoms with Crippen LogP contribution in [0.5, 0.6) is 5.75 Å². The minimum absolute atomic E-state index is 0.0735. The van der Waals surface area contributed by atoms with Gasteiger partial charge in [-0.1, -0.05) is 17.3 Å². The number of ether oxygens (including phenoxy) is 1. The molecule has 0 saturated carbocycles. The number of halogens is 2. The summed E-state index contributed by atoms with van der Waals surface area (Å²) in [6.45, 7) is 1.25. The number of likely N-dealkylation sites (tertiary alicyclic amines) is 1. The van der Waals surface area contributed by atoms with E-state index in [0.29, 0.717) is 50.0 Å². The third kappa shape index (κ3) is 4.73. The first kappa shape index (κ1) is 19.8. The molecule has 2 amide bonds. The number of benzene rings is 2. The Morgan fingerprint density at radius 1 is 1.20 bits per heavy atom. The standard InChI is InChI=1S/C21H20F2N4O3/c22-15-5-7-16(8-6-15)29-12-10-19-25-20(30-26-19)14-9-11-27(13-14)21(28)24-18-4-2-1-3-17(18)23/h1-8,14H,9-13H2,(H,24,28). The molecular formula is C21H20F2N4O3. The minimum atomic E-state index is -0.481. The first-order valence-electron chi connectivity index (χ1n) is 9.60. The number of anilines is 1. The van der Waals surface area contributed by atoms with Gasteiger partial charge in [0.1, 0.15) is 17.4 Å². The molecule has 30 heavy (non-hydrogen) atoms. The van der Waals surface area contributed by atoms with Gasteiger partial charge in [-0.25, -0.2) is 13.6 Å². The molecule has 1 saturated heterocycles. The zero-order valence-electron chi connectivity index (χ0n) is 16.1. The van der Waals surface area contributed by atoms with Crippen LogP contribution in [0.25, 0.3) is 0 Å². The molecule has 1 N–H and O–H groups in total. The van der Waals surface area contributed by atoms with Crippen molar-refractivity contribution in [1.29, 1.82) is 0 Å². The van der Waals surface area contributed by atoms with Crippen LogP contribution >= 0.6 is 0 Å². The Balaban J connectivity index is 1.27. The lowest BCUT2D eigenvalue weighted by Gasteiger charge is -2.17. The quantitative estimate of drug-likeness (QED) is 0.660. The molecule has 0 bridgehead atoms. The molecule has 2 aromatic carbocycles. The van der Waals surface area contributed by atoms with Crippen LogP contribution in [-0.2, 0) is 6.42 Å². The highest BCUT2D eigenvalue weighted by Gasteiger charge is 2.31. The highest BCUT2D eigenvalue weighted by atomic mass is 19.1. The lowest BCUT2D eigenvalue weighted by atomic mass is 10.1. The summed E-state index contributed by atoms with van der Waals surface area (Å²) in [5.74, 6) is 0.654. The normalized spacial score (nSPS) is 15.9. The Kier molecular flexibility index (Phi) is 5.87. The molecule has 1 aromatic heterocycles. The van der Waals surface area contributed by atoms with Crippen LogP contribution in [0.15, 0.2) is 53.1 Å². The molecule has 2 heterocycles. The molecule has 9 heteroatoms. The van der Waals surface area contributed by atoms with Crippen LogP contribution in [0, 0.1) is 11.6 Å². The summed E-state index contributed by atoms with van der Waals surface area (Å²) in [6.07, 6.45) is 1.11. The number of carbonyl (C=O) groups excluding carboxylic acids is 1. The monoisotopic (exact) mass is 414 g/mol. The smallest absolute Gasteiger partial charge is 0.321 e. The topological polar surface area (TPSA) is 80.5 Å². The molecule has 0 spiro atoms. The van der Waals surface area contributed by atoms with Crippen LogP contribution in [0.3, 0.4) is 0 Å². The molecule has 7 nitrogen and oxygen atoms in total. The van der Waals surface area contributed by atoms with Gasteiger partial charge in [-0.15, -0.1) is 0 Å². The largest absolute Gasteiger partial charge is 0.493 e. The van der Waals surface area contributed by atoms with E-state index >= 15 is 0 Å². The van der Waals surface area contributed by atoms with Crippen LogP contribution in [0.4, 0.5) is 19.3 Å². The van der Waals surface area contributed by atoms with Crippen molar-refractivity contribution in [3.63, 3.8) is 0 Å². The Labute approximate surface area is 171 Å². The fourth-order valence-corrected chi connectivity index (χ4v) is 3.23. The second-order valence-electron chi connectivity index (χ2n) is 6.94. The fraction of sp³-hybridized carbons (Fsp3) is 0.286. The molecule has 1 aliphatic rings. The Bertz CT molecular complexity index is 1010. The van der Waals surface area contributed by atoms with E-state index in [9.17, 15) is 13.6 Å². The van der Waals surface area contributed by atoms with E-state index in [1.54, 1.807) is 29.2 Å². The Morgan fingerprint density at radius 3 is 2.80 bits per heavy atom. The van der Waals surface area contributed by atoms with Crippen molar-refractivity contribution in [2.45, 2.75) is 18.8 Å². The summed E-state index contributed by atoms with van der Waals surface area (Å²) in [5, 5.41) is 6.54. The van der Waals surface area contributed by atoms with E-state index in [-0.39, 0.29) is 23.5 Å². The first-order valence-corrected chi connectivity index (χ1v) is 9.60. The second kappa shape index (κ2) is 8.89. The van der Waals surface area contributed by atoms with Gasteiger partial charge in [0.05, 0.1) is 18.2 Å². The van der Waals surface area contributed by atoms with Crippen molar-refractivity contribution in [3.05, 3.63) is 71.9 Å². The Morgan fingerprint density at radius 2 is 2.00 bits per heavy atom. The fourth-order valence-electron chi connectivity index (χ4n) is 3.23. The van der Waals surface area contributed by atoms with Gasteiger partial charge in [-0.05, 0) is 42.8 Å². The van der Waals surface area contributed by atoms with Crippen LogP contribution in [-0.4, -0.2) is 40.8 Å². The average Bonchev–Trinajstić information content (AvgIpc) is 3.41. The maximum absolute atomic E-state index is 13.7. The average molecular weight is 414 g/mol. The highest BCUT2D eigenvalue weighted by molar-refractivity contribution is 5.89. The van der Waals surface area contributed by atoms with Crippen molar-refractivity contribution in [2.24, 2.45) is 0 Å². The van der Waals surface area contributed by atoms with Crippen LogP contribution in [0.2, 0.25) is 0 Å². The predicted molar refractivity (Wildman–Crippen MR) is 104 cm³/mol. The maximum atomic E-state index is 13.7. The number of carbonyl (C=O) groups is 1. The van der Waals surface area contributed by atoms with Crippen LogP contribution < -0.4 is 10.1 Å². The van der Waals surface area contributed by atoms with Gasteiger partial charge in [-0.3, -0.25) is 0 Å². The Hall–Kier alpha value is -3.49. The van der Waals surface area contributed by atoms with Crippen molar-refractivity contribution >= 4 is 11.7 Å². The molecule has 0 radical (unpaired) electrons. The lowest BCUT2D eigenvalue weighted by molar-refractivity contribution is 0.221. The third-order valence-corrected chi connectivity index (χ3v) is 4.83. The van der Waals surface area contributed by atoms with Gasteiger partial charge >= 0.3 is 6.03 Å². The first-order chi connectivity index (χ1) is 14.6. The van der Waals surface area contributed by atoms with Crippen LogP contribution in [0.1, 0.15) is 24.1 Å². The maximum Gasteiger partial charge on any atom is 0.321 e. The van der Waals surface area contributed by atoms with E-state index in [0.717, 1.165) is 0 Å². The van der Waals surface area contributed by atoms with Gasteiger partial charge in [0.15, 0.2) is 5.82 Å². The highest BCUT2D eigenvalue weighted by Crippen LogP contribution is 2.27. The number of nitrogens with one attached hydrogen (secondary N) is 1. The number of para-hydroxylation sites is 1. The number of amides is 2. The zero-order chi connectivity index (χ0) is 20.9. The predicted octanol–water partition coefficient (Wildman–Crippen LogP) is 3.99. The molecule has 0 aliphatic carbocycles. The molecule has 1 unspecified atom stereocenters. The summed E-state index contributed by atoms with van der Waals surface area (Å²) < 4.78 is 37.5. The van der Waals surface area contributed by atoms with Crippen molar-refractivity contribution in [1.82, 2.24) is 15.0 Å². The second-order valence-corrected chi connectivity index (χ2v) is 6.94. The number of urea groups is 1. The van der Waals surface area contributed by atoms with Crippen molar-refractivity contribution < 1.29 is 22.8 Å². The summed E-state index contributed by atoms with van der Waals surface area (Å²) in [7, 11) is 0. The summed E-state index contributed by atoms with van der Waals surface area (Å²) in [4.78, 5) is 18.4. The van der Waals surface area contributed by atoms with E-state index in [4.69, 9.17) is 9.26 Å². The SMILES string of the molecule is O=C(Nc1ccccc1F)N1CCC(c2nc(CCOc3ccc(F)cc3)no2)C1. The number of aromatic nitrogens is 2. The molecule has 1 fully saturated rings. The van der Waals surface area contributed by atoms with Gasteiger partial charge in [-0.2, -0.15) is 4.98 Å². The molecular weight excluding hydrogens is 394 g/mol.